The molecule has 0 saturated carbocycles. The van der Waals surface area contributed by atoms with Gasteiger partial charge in [0.05, 0.1) is 22.2 Å². The fraction of sp³-hybridized carbons (Fsp3) is 0.200. The molecule has 0 unspecified atom stereocenters. The second-order valence-electron chi connectivity index (χ2n) is 3.09. The number of benzene rings is 1. The Labute approximate surface area is 108 Å². The summed E-state index contributed by atoms with van der Waals surface area (Å²) < 4.78 is 0. The van der Waals surface area contributed by atoms with Crippen molar-refractivity contribution in [3.63, 3.8) is 0 Å². The van der Waals surface area contributed by atoms with Crippen molar-refractivity contribution in [2.45, 2.75) is 0 Å². The zero-order valence-corrected chi connectivity index (χ0v) is 10.5. The van der Waals surface area contributed by atoms with Crippen LogP contribution in [0.25, 0.3) is 0 Å². The lowest BCUT2D eigenvalue weighted by Crippen LogP contribution is -2.32. The smallest absolute Gasteiger partial charge is 0.243 e. The maximum atomic E-state index is 11.5. The van der Waals surface area contributed by atoms with Gasteiger partial charge >= 0.3 is 0 Å². The minimum absolute atomic E-state index is 0.145. The first-order valence-corrected chi connectivity index (χ1v) is 6.28. The van der Waals surface area contributed by atoms with Crippen molar-refractivity contribution in [1.29, 1.82) is 0 Å². The highest BCUT2D eigenvalue weighted by Crippen LogP contribution is 2.20. The summed E-state index contributed by atoms with van der Waals surface area (Å²) in [5, 5.41) is 3.12. The van der Waals surface area contributed by atoms with E-state index in [4.69, 9.17) is 17.4 Å². The first-order valence-electron chi connectivity index (χ1n) is 4.75. The van der Waals surface area contributed by atoms with E-state index in [9.17, 15) is 9.59 Å². The van der Waals surface area contributed by atoms with Crippen molar-refractivity contribution in [2.75, 3.05) is 16.8 Å². The number of hydrogen-bond acceptors (Lipinski definition) is 4. The number of nitrogens with one attached hydrogen (secondary N) is 2. The van der Waals surface area contributed by atoms with E-state index in [0.29, 0.717) is 10.7 Å². The van der Waals surface area contributed by atoms with Crippen LogP contribution in [-0.2, 0) is 9.59 Å². The SMILES string of the molecule is NNC(=O)CSCC(=O)Nc1ccccc1Cl. The number of rotatable bonds is 5. The van der Waals surface area contributed by atoms with E-state index in [1.807, 2.05) is 5.43 Å². The van der Waals surface area contributed by atoms with Gasteiger partial charge in [0.2, 0.25) is 11.8 Å². The fourth-order valence-corrected chi connectivity index (χ4v) is 1.84. The Kier molecular flexibility index (Phi) is 5.82. The second kappa shape index (κ2) is 7.16. The van der Waals surface area contributed by atoms with Crippen molar-refractivity contribution >= 4 is 40.9 Å². The molecular weight excluding hydrogens is 262 g/mol. The molecule has 0 heterocycles. The average molecular weight is 274 g/mol. The zero-order chi connectivity index (χ0) is 12.7. The van der Waals surface area contributed by atoms with Gasteiger partial charge in [-0.1, -0.05) is 23.7 Å². The normalized spacial score (nSPS) is 9.76. The third kappa shape index (κ3) is 5.08. The minimum Gasteiger partial charge on any atom is -0.324 e. The quantitative estimate of drug-likeness (QED) is 0.425. The maximum Gasteiger partial charge on any atom is 0.243 e. The largest absolute Gasteiger partial charge is 0.324 e. The molecule has 7 heteroatoms. The Bertz CT molecular complexity index is 414. The lowest BCUT2D eigenvalue weighted by molar-refractivity contribution is -0.118. The molecule has 1 aromatic carbocycles. The van der Waals surface area contributed by atoms with E-state index in [1.165, 1.54) is 11.8 Å². The van der Waals surface area contributed by atoms with Crippen molar-refractivity contribution in [1.82, 2.24) is 5.43 Å². The molecule has 0 atom stereocenters. The molecule has 17 heavy (non-hydrogen) atoms. The second-order valence-corrected chi connectivity index (χ2v) is 4.48. The topological polar surface area (TPSA) is 84.2 Å². The number of carbonyl (C=O) groups is 2. The zero-order valence-electron chi connectivity index (χ0n) is 8.90. The molecule has 92 valence electrons. The number of hydrogen-bond donors (Lipinski definition) is 3. The van der Waals surface area contributed by atoms with Crippen LogP contribution in [0, 0.1) is 0 Å². The molecule has 0 aliphatic carbocycles. The van der Waals surface area contributed by atoms with Gasteiger partial charge in [-0.05, 0) is 12.1 Å². The summed E-state index contributed by atoms with van der Waals surface area (Å²) in [6, 6.07) is 6.94. The third-order valence-electron chi connectivity index (χ3n) is 1.78. The van der Waals surface area contributed by atoms with Crippen LogP contribution >= 0.6 is 23.4 Å². The number of nitrogens with two attached hydrogens (primary N) is 1. The van der Waals surface area contributed by atoms with E-state index in [0.717, 1.165) is 0 Å². The molecule has 0 radical (unpaired) electrons. The first kappa shape index (κ1) is 13.8. The van der Waals surface area contributed by atoms with Crippen molar-refractivity contribution in [2.24, 2.45) is 5.84 Å². The van der Waals surface area contributed by atoms with Crippen molar-refractivity contribution < 1.29 is 9.59 Å². The molecule has 4 N–H and O–H groups in total. The molecule has 0 aliphatic rings. The summed E-state index contributed by atoms with van der Waals surface area (Å²) in [5.74, 6) is 4.68. The van der Waals surface area contributed by atoms with E-state index in [2.05, 4.69) is 5.32 Å². The number of para-hydroxylation sites is 1. The van der Waals surface area contributed by atoms with Gasteiger partial charge in [-0.2, -0.15) is 0 Å². The van der Waals surface area contributed by atoms with E-state index in [-0.39, 0.29) is 23.3 Å². The summed E-state index contributed by atoms with van der Waals surface area (Å²) in [4.78, 5) is 22.3. The van der Waals surface area contributed by atoms with Crippen LogP contribution in [0.5, 0.6) is 0 Å². The highest BCUT2D eigenvalue weighted by atomic mass is 35.5. The van der Waals surface area contributed by atoms with E-state index in [1.54, 1.807) is 24.3 Å². The van der Waals surface area contributed by atoms with Gasteiger partial charge in [-0.15, -0.1) is 11.8 Å². The summed E-state index contributed by atoms with van der Waals surface area (Å²) in [6.45, 7) is 0. The Morgan fingerprint density at radius 2 is 1.88 bits per heavy atom. The summed E-state index contributed by atoms with van der Waals surface area (Å²) in [7, 11) is 0. The van der Waals surface area contributed by atoms with Crippen LogP contribution in [0.4, 0.5) is 5.69 Å². The minimum atomic E-state index is -0.319. The Balaban J connectivity index is 2.35. The Hall–Kier alpha value is -1.24. The van der Waals surface area contributed by atoms with Crippen LogP contribution in [0.3, 0.4) is 0 Å². The van der Waals surface area contributed by atoms with Crippen LogP contribution in [0.2, 0.25) is 5.02 Å². The van der Waals surface area contributed by atoms with E-state index < -0.39 is 0 Å². The van der Waals surface area contributed by atoms with Gasteiger partial charge in [-0.3, -0.25) is 15.0 Å². The van der Waals surface area contributed by atoms with Crippen LogP contribution < -0.4 is 16.6 Å². The van der Waals surface area contributed by atoms with Gasteiger partial charge < -0.3 is 5.32 Å². The van der Waals surface area contributed by atoms with Gasteiger partial charge in [0.25, 0.3) is 0 Å². The average Bonchev–Trinajstić information content (AvgIpc) is 2.32. The molecule has 2 amide bonds. The number of thioether (sulfide) groups is 1. The lowest BCUT2D eigenvalue weighted by Gasteiger charge is -2.06. The molecule has 1 aromatic rings. The Morgan fingerprint density at radius 3 is 2.53 bits per heavy atom. The highest BCUT2D eigenvalue weighted by Gasteiger charge is 2.06. The molecule has 0 bridgehead atoms. The number of anilines is 1. The molecule has 0 spiro atoms. The molecule has 5 nitrogen and oxygen atoms in total. The number of hydrazine groups is 1. The van der Waals surface area contributed by atoms with E-state index >= 15 is 0 Å². The first-order chi connectivity index (χ1) is 8.13. The molecule has 0 fully saturated rings. The highest BCUT2D eigenvalue weighted by molar-refractivity contribution is 8.00. The predicted molar refractivity (Wildman–Crippen MR) is 69.7 cm³/mol. The predicted octanol–water partition coefficient (Wildman–Crippen LogP) is 1.00. The molecule has 0 saturated heterocycles. The number of carbonyl (C=O) groups excluding carboxylic acids is 2. The standard InChI is InChI=1S/C10H12ClN3O2S/c11-7-3-1-2-4-8(7)13-9(15)5-17-6-10(16)14-12/h1-4H,5-6,12H2,(H,13,15)(H,14,16). The fourth-order valence-electron chi connectivity index (χ4n) is 1.03. The molecular formula is C10H12ClN3O2S. The number of halogens is 1. The van der Waals surface area contributed by atoms with Gasteiger partial charge in [0.15, 0.2) is 0 Å². The monoisotopic (exact) mass is 273 g/mol. The molecule has 0 aliphatic heterocycles. The summed E-state index contributed by atoms with van der Waals surface area (Å²) >= 11 is 7.05. The Morgan fingerprint density at radius 1 is 1.24 bits per heavy atom. The van der Waals surface area contributed by atoms with Crippen molar-refractivity contribution in [3.8, 4) is 0 Å². The van der Waals surface area contributed by atoms with Gasteiger partial charge in [0.1, 0.15) is 0 Å². The summed E-state index contributed by atoms with van der Waals surface area (Å²) in [5.41, 5.74) is 2.54. The van der Waals surface area contributed by atoms with Crippen molar-refractivity contribution in [3.05, 3.63) is 29.3 Å². The van der Waals surface area contributed by atoms with Gasteiger partial charge in [-0.25, -0.2) is 5.84 Å². The van der Waals surface area contributed by atoms with Gasteiger partial charge in [0, 0.05) is 0 Å². The number of amides is 2. The third-order valence-corrected chi connectivity index (χ3v) is 3.04. The maximum absolute atomic E-state index is 11.5. The van der Waals surface area contributed by atoms with Crippen LogP contribution in [0.15, 0.2) is 24.3 Å². The summed E-state index contributed by atoms with van der Waals surface area (Å²) in [6.07, 6.45) is 0. The molecule has 1 rings (SSSR count). The lowest BCUT2D eigenvalue weighted by atomic mass is 10.3. The van der Waals surface area contributed by atoms with Crippen LogP contribution in [0.1, 0.15) is 0 Å². The van der Waals surface area contributed by atoms with Crippen LogP contribution in [-0.4, -0.2) is 23.3 Å². The molecule has 0 aromatic heterocycles.